The predicted molar refractivity (Wildman–Crippen MR) is 120 cm³/mol. The fraction of sp³-hybridized carbons (Fsp3) is 0.435. The lowest BCUT2D eigenvalue weighted by molar-refractivity contribution is -0.141. The first kappa shape index (κ1) is 21.6. The molecule has 1 unspecified atom stereocenters. The van der Waals surface area contributed by atoms with Gasteiger partial charge >= 0.3 is 5.97 Å². The van der Waals surface area contributed by atoms with Crippen molar-refractivity contribution in [2.75, 3.05) is 20.3 Å². The van der Waals surface area contributed by atoms with Crippen LogP contribution in [-0.4, -0.2) is 48.3 Å². The molecule has 2 heterocycles. The topological polar surface area (TPSA) is 80.2 Å². The number of carbonyl (C=O) groups is 2. The number of fused-ring (bicyclic) bond motifs is 1. The first-order valence-electron chi connectivity index (χ1n) is 10.4. The minimum atomic E-state index is -0.413. The zero-order chi connectivity index (χ0) is 22.0. The molecule has 0 radical (unpaired) electrons. The van der Waals surface area contributed by atoms with Crippen LogP contribution >= 0.6 is 11.8 Å². The Morgan fingerprint density at radius 1 is 1.23 bits per heavy atom. The van der Waals surface area contributed by atoms with E-state index in [1.165, 1.54) is 11.8 Å². The van der Waals surface area contributed by atoms with E-state index in [1.807, 2.05) is 48.4 Å². The largest absolute Gasteiger partial charge is 0.460 e. The summed E-state index contributed by atoms with van der Waals surface area (Å²) in [5, 5.41) is 5.78. The maximum Gasteiger partial charge on any atom is 0.338 e. The van der Waals surface area contributed by atoms with E-state index in [9.17, 15) is 9.59 Å². The number of benzene rings is 1. The summed E-state index contributed by atoms with van der Waals surface area (Å²) in [6.07, 6.45) is 2.33. The Labute approximate surface area is 186 Å². The Kier molecular flexibility index (Phi) is 6.48. The number of aliphatic imine (C=N–C) groups is 1. The maximum absolute atomic E-state index is 13.1. The van der Waals surface area contributed by atoms with Gasteiger partial charge in [0, 0.05) is 18.8 Å². The molecule has 0 saturated heterocycles. The highest BCUT2D eigenvalue weighted by atomic mass is 32.2. The Balaban J connectivity index is 1.68. The molecule has 8 heteroatoms. The summed E-state index contributed by atoms with van der Waals surface area (Å²) in [4.78, 5) is 32.3. The summed E-state index contributed by atoms with van der Waals surface area (Å²) < 4.78 is 10.5. The number of hydrogen-bond acceptors (Lipinski definition) is 7. The molecule has 164 valence electrons. The van der Waals surface area contributed by atoms with Crippen LogP contribution < -0.4 is 5.32 Å². The van der Waals surface area contributed by atoms with Gasteiger partial charge < -0.3 is 19.7 Å². The number of nitrogens with one attached hydrogen (secondary N) is 1. The van der Waals surface area contributed by atoms with E-state index in [-0.39, 0.29) is 18.9 Å². The molecule has 1 N–H and O–H groups in total. The van der Waals surface area contributed by atoms with Crippen LogP contribution in [0.5, 0.6) is 0 Å². The van der Waals surface area contributed by atoms with Gasteiger partial charge in [-0.05, 0) is 43.2 Å². The Bertz CT molecular complexity index is 981. The standard InChI is InChI=1S/C23H27N3O4S/c1-14-6-4-5-7-18(14)21-20(22(28)30-11-10-29-3)15(2)24-23-26(21)17(13-31-23)12-19(27)25-16-8-9-16/h4-7,13,16,21H,8-12H2,1-3H3,(H,25,27). The van der Waals surface area contributed by atoms with Crippen molar-refractivity contribution in [3.05, 3.63) is 57.8 Å². The maximum atomic E-state index is 13.1. The molecular formula is C23H27N3O4S. The number of amides is 1. The smallest absolute Gasteiger partial charge is 0.338 e. The quantitative estimate of drug-likeness (QED) is 0.492. The summed E-state index contributed by atoms with van der Waals surface area (Å²) in [7, 11) is 1.57. The number of esters is 1. The van der Waals surface area contributed by atoms with Gasteiger partial charge in [-0.25, -0.2) is 9.79 Å². The zero-order valence-corrected chi connectivity index (χ0v) is 18.8. The van der Waals surface area contributed by atoms with E-state index in [4.69, 9.17) is 9.47 Å². The third kappa shape index (κ3) is 4.70. The number of nitrogens with zero attached hydrogens (tertiary/aromatic N) is 2. The van der Waals surface area contributed by atoms with Crippen LogP contribution in [0.2, 0.25) is 0 Å². The minimum Gasteiger partial charge on any atom is -0.460 e. The monoisotopic (exact) mass is 441 g/mol. The zero-order valence-electron chi connectivity index (χ0n) is 18.0. The van der Waals surface area contributed by atoms with Crippen molar-refractivity contribution >= 4 is 28.8 Å². The first-order valence-corrected chi connectivity index (χ1v) is 11.3. The van der Waals surface area contributed by atoms with Crippen LogP contribution in [-0.2, 0) is 19.1 Å². The molecule has 31 heavy (non-hydrogen) atoms. The van der Waals surface area contributed by atoms with Crippen LogP contribution in [0.4, 0.5) is 0 Å². The first-order chi connectivity index (χ1) is 15.0. The van der Waals surface area contributed by atoms with Crippen LogP contribution in [0.25, 0.3) is 0 Å². The third-order valence-corrected chi connectivity index (χ3v) is 6.40. The molecule has 0 aromatic heterocycles. The molecule has 1 fully saturated rings. The molecule has 7 nitrogen and oxygen atoms in total. The molecule has 0 bridgehead atoms. The van der Waals surface area contributed by atoms with Gasteiger partial charge in [0.05, 0.1) is 30.3 Å². The average Bonchev–Trinajstić information content (AvgIpc) is 3.46. The lowest BCUT2D eigenvalue weighted by Gasteiger charge is -2.37. The molecule has 3 aliphatic rings. The summed E-state index contributed by atoms with van der Waals surface area (Å²) in [6, 6.07) is 7.88. The van der Waals surface area contributed by atoms with Gasteiger partial charge in [-0.15, -0.1) is 0 Å². The summed E-state index contributed by atoms with van der Waals surface area (Å²) in [5.74, 6) is -0.418. The molecule has 1 amide bonds. The second kappa shape index (κ2) is 9.28. The SMILES string of the molecule is COCCOC(=O)C1=C(C)N=C2SC=C(CC(=O)NC3CC3)N2C1c1ccccc1C. The number of aryl methyl sites for hydroxylation is 1. The number of allylic oxidation sites excluding steroid dienone is 1. The molecular weight excluding hydrogens is 414 g/mol. The number of methoxy groups -OCH3 is 1. The van der Waals surface area contributed by atoms with Crippen molar-refractivity contribution in [1.82, 2.24) is 10.2 Å². The number of hydrogen-bond donors (Lipinski definition) is 1. The van der Waals surface area contributed by atoms with Crippen LogP contribution in [0, 0.1) is 6.92 Å². The summed E-state index contributed by atoms with van der Waals surface area (Å²) in [6.45, 7) is 4.36. The Morgan fingerprint density at radius 2 is 2.00 bits per heavy atom. The average molecular weight is 442 g/mol. The minimum absolute atomic E-state index is 0.00497. The highest BCUT2D eigenvalue weighted by molar-refractivity contribution is 8.16. The number of ether oxygens (including phenoxy) is 2. The summed E-state index contributed by atoms with van der Waals surface area (Å²) in [5.41, 5.74) is 4.01. The highest BCUT2D eigenvalue weighted by Crippen LogP contribution is 2.45. The highest BCUT2D eigenvalue weighted by Gasteiger charge is 2.41. The van der Waals surface area contributed by atoms with E-state index < -0.39 is 12.0 Å². The molecule has 1 aromatic carbocycles. The number of amidine groups is 1. The summed E-state index contributed by atoms with van der Waals surface area (Å²) >= 11 is 1.48. The molecule has 1 aliphatic carbocycles. The molecule has 0 spiro atoms. The van der Waals surface area contributed by atoms with Crippen LogP contribution in [0.1, 0.15) is 43.4 Å². The predicted octanol–water partition coefficient (Wildman–Crippen LogP) is 3.43. The Hall–Kier alpha value is -2.58. The van der Waals surface area contributed by atoms with Crippen molar-refractivity contribution in [1.29, 1.82) is 0 Å². The van der Waals surface area contributed by atoms with Crippen molar-refractivity contribution in [2.45, 2.75) is 45.2 Å². The third-order valence-electron chi connectivity index (χ3n) is 5.51. The molecule has 1 atom stereocenters. The molecule has 1 aromatic rings. The van der Waals surface area contributed by atoms with Gasteiger partial charge in [0.25, 0.3) is 0 Å². The fourth-order valence-electron chi connectivity index (χ4n) is 3.78. The van der Waals surface area contributed by atoms with E-state index in [0.29, 0.717) is 23.9 Å². The van der Waals surface area contributed by atoms with Crippen molar-refractivity contribution < 1.29 is 19.1 Å². The molecule has 4 rings (SSSR count). The van der Waals surface area contributed by atoms with Crippen molar-refractivity contribution in [2.24, 2.45) is 4.99 Å². The number of carbonyl (C=O) groups excluding carboxylic acids is 2. The lowest BCUT2D eigenvalue weighted by atomic mass is 9.91. The van der Waals surface area contributed by atoms with E-state index in [0.717, 1.165) is 34.8 Å². The van der Waals surface area contributed by atoms with Crippen LogP contribution in [0.15, 0.2) is 51.6 Å². The van der Waals surface area contributed by atoms with E-state index in [2.05, 4.69) is 10.3 Å². The van der Waals surface area contributed by atoms with Gasteiger partial charge in [0.1, 0.15) is 6.61 Å². The lowest BCUT2D eigenvalue weighted by Crippen LogP contribution is -2.38. The van der Waals surface area contributed by atoms with Crippen LogP contribution in [0.3, 0.4) is 0 Å². The molecule has 1 saturated carbocycles. The second-order valence-corrected chi connectivity index (χ2v) is 8.73. The molecule has 2 aliphatic heterocycles. The van der Waals surface area contributed by atoms with Crippen molar-refractivity contribution in [3.63, 3.8) is 0 Å². The van der Waals surface area contributed by atoms with Gasteiger partial charge in [-0.3, -0.25) is 4.79 Å². The number of thioether (sulfide) groups is 1. The van der Waals surface area contributed by atoms with Crippen molar-refractivity contribution in [3.8, 4) is 0 Å². The van der Waals surface area contributed by atoms with Gasteiger partial charge in [-0.1, -0.05) is 36.0 Å². The second-order valence-electron chi connectivity index (χ2n) is 7.90. The number of rotatable bonds is 8. The van der Waals surface area contributed by atoms with Gasteiger partial charge in [0.15, 0.2) is 5.17 Å². The fourth-order valence-corrected chi connectivity index (χ4v) is 4.75. The Morgan fingerprint density at radius 3 is 2.71 bits per heavy atom. The van der Waals surface area contributed by atoms with E-state index in [1.54, 1.807) is 7.11 Å². The van der Waals surface area contributed by atoms with Gasteiger partial charge in [-0.2, -0.15) is 0 Å². The van der Waals surface area contributed by atoms with Gasteiger partial charge in [0.2, 0.25) is 5.91 Å². The van der Waals surface area contributed by atoms with E-state index >= 15 is 0 Å². The normalized spacial score (nSPS) is 20.2.